The van der Waals surface area contributed by atoms with Crippen molar-refractivity contribution in [2.45, 2.75) is 58.9 Å². The van der Waals surface area contributed by atoms with E-state index in [4.69, 9.17) is 13.8 Å². The fourth-order valence-corrected chi connectivity index (χ4v) is 5.88. The molecule has 204 valence electrons. The van der Waals surface area contributed by atoms with Crippen molar-refractivity contribution in [1.29, 1.82) is 0 Å². The van der Waals surface area contributed by atoms with Gasteiger partial charge in [-0.2, -0.15) is 5.09 Å². The summed E-state index contributed by atoms with van der Waals surface area (Å²) in [6.45, 7) is 6.53. The number of hydrogen-bond acceptors (Lipinski definition) is 5. The third kappa shape index (κ3) is 9.94. The highest BCUT2D eigenvalue weighted by atomic mass is 79.9. The number of aryl methyl sites for hydroxylation is 1. The van der Waals surface area contributed by atoms with Crippen LogP contribution in [0.15, 0.2) is 83.3 Å². The lowest BCUT2D eigenvalue weighted by Gasteiger charge is -2.26. The smallest absolute Gasteiger partial charge is 0.464 e. The first-order valence-corrected chi connectivity index (χ1v) is 15.4. The number of esters is 1. The third-order valence-electron chi connectivity index (χ3n) is 6.02. The molecule has 0 aliphatic rings. The summed E-state index contributed by atoms with van der Waals surface area (Å²) in [4.78, 5) is 13.4. The maximum Gasteiger partial charge on any atom is 0.513 e. The van der Waals surface area contributed by atoms with E-state index in [1.54, 1.807) is 36.4 Å². The van der Waals surface area contributed by atoms with Crippen molar-refractivity contribution in [3.63, 3.8) is 0 Å². The average molecular weight is 603 g/mol. The second-order valence-electron chi connectivity index (χ2n) is 9.39. The first-order chi connectivity index (χ1) is 18.3. The highest BCUT2D eigenvalue weighted by Crippen LogP contribution is 2.46. The lowest BCUT2D eigenvalue weighted by molar-refractivity contribution is -0.147. The molecule has 0 fully saturated rings. The van der Waals surface area contributed by atoms with Crippen LogP contribution >= 0.6 is 23.7 Å². The summed E-state index contributed by atoms with van der Waals surface area (Å²) in [5.41, 5.74) is 1.93. The van der Waals surface area contributed by atoms with Gasteiger partial charge in [-0.1, -0.05) is 90.6 Å². The molecule has 0 aliphatic heterocycles. The molecule has 0 aliphatic carbocycles. The summed E-state index contributed by atoms with van der Waals surface area (Å²) >= 11 is 3.40. The number of benzene rings is 3. The van der Waals surface area contributed by atoms with E-state index in [1.807, 2.05) is 49.4 Å². The summed E-state index contributed by atoms with van der Waals surface area (Å²) < 4.78 is 32.7. The molecule has 0 saturated carbocycles. The average Bonchev–Trinajstić information content (AvgIpc) is 2.90. The molecule has 0 amide bonds. The molecule has 0 bridgehead atoms. The van der Waals surface area contributed by atoms with E-state index in [1.165, 1.54) is 0 Å². The second kappa shape index (κ2) is 15.1. The quantitative estimate of drug-likeness (QED) is 0.139. The molecular weight excluding hydrogens is 565 g/mol. The second-order valence-corrected chi connectivity index (χ2v) is 11.9. The molecular formula is C30H37BrNO5P. The van der Waals surface area contributed by atoms with Gasteiger partial charge in [0.1, 0.15) is 17.5 Å². The lowest BCUT2D eigenvalue weighted by Crippen LogP contribution is -2.40. The zero-order valence-corrected chi connectivity index (χ0v) is 24.7. The van der Waals surface area contributed by atoms with Crippen molar-refractivity contribution >= 4 is 29.6 Å². The van der Waals surface area contributed by atoms with E-state index in [0.29, 0.717) is 24.0 Å². The van der Waals surface area contributed by atoms with Crippen LogP contribution in [0, 0.1) is 12.8 Å². The van der Waals surface area contributed by atoms with Crippen molar-refractivity contribution in [2.24, 2.45) is 5.92 Å². The van der Waals surface area contributed by atoms with Crippen LogP contribution in [0.2, 0.25) is 0 Å². The molecule has 6 nitrogen and oxygen atoms in total. The molecule has 8 heteroatoms. The van der Waals surface area contributed by atoms with Crippen molar-refractivity contribution in [3.8, 4) is 11.5 Å². The maximum absolute atomic E-state index is 14.2. The van der Waals surface area contributed by atoms with Crippen LogP contribution in [0.1, 0.15) is 50.7 Å². The molecule has 3 aromatic carbocycles. The molecule has 3 aromatic rings. The molecule has 3 rings (SSSR count). The Morgan fingerprint density at radius 1 is 0.868 bits per heavy atom. The Morgan fingerprint density at radius 2 is 1.42 bits per heavy atom. The number of carbonyl (C=O) groups excluding carboxylic acids is 1. The van der Waals surface area contributed by atoms with Crippen LogP contribution in [0.3, 0.4) is 0 Å². The van der Waals surface area contributed by atoms with Gasteiger partial charge in [0.2, 0.25) is 0 Å². The van der Waals surface area contributed by atoms with Gasteiger partial charge in [0, 0.05) is 4.47 Å². The maximum atomic E-state index is 14.2. The van der Waals surface area contributed by atoms with Gasteiger partial charge in [-0.3, -0.25) is 4.79 Å². The van der Waals surface area contributed by atoms with E-state index in [9.17, 15) is 9.36 Å². The summed E-state index contributed by atoms with van der Waals surface area (Å²) in [6.07, 6.45) is 4.28. The highest BCUT2D eigenvalue weighted by molar-refractivity contribution is 9.10. The Balaban J connectivity index is 1.87. The van der Waals surface area contributed by atoms with E-state index in [0.717, 1.165) is 41.3 Å². The van der Waals surface area contributed by atoms with Gasteiger partial charge in [0.15, 0.2) is 0 Å². The Hall–Kier alpha value is -2.60. The zero-order chi connectivity index (χ0) is 27.4. The molecule has 0 aromatic heterocycles. The lowest BCUT2D eigenvalue weighted by atomic mass is 9.99. The number of ether oxygens (including phenoxy) is 1. The Labute approximate surface area is 234 Å². The minimum Gasteiger partial charge on any atom is -0.464 e. The van der Waals surface area contributed by atoms with Gasteiger partial charge < -0.3 is 13.8 Å². The molecule has 0 heterocycles. The van der Waals surface area contributed by atoms with Gasteiger partial charge in [-0.05, 0) is 74.1 Å². The van der Waals surface area contributed by atoms with Gasteiger partial charge in [-0.15, -0.1) is 0 Å². The third-order valence-corrected chi connectivity index (χ3v) is 8.08. The standard InChI is InChI=1S/C30H37BrNO5P/c1-4-9-25(10-5-2)22-35-30(33)29(21-24-11-7-6-8-12-24)32-38(34,36-27-17-13-23(3)14-18-27)37-28-19-15-26(31)16-20-28/h6-8,11-20,25,29H,4-5,9-10,21-22H2,1-3H3,(H,32,34)/t29-,38?/m0/s1. The number of carbonyl (C=O) groups is 1. The van der Waals surface area contributed by atoms with Crippen molar-refractivity contribution in [1.82, 2.24) is 5.09 Å². The molecule has 1 unspecified atom stereocenters. The molecule has 0 radical (unpaired) electrons. The predicted molar refractivity (Wildman–Crippen MR) is 156 cm³/mol. The number of halogens is 1. The largest absolute Gasteiger partial charge is 0.513 e. The van der Waals surface area contributed by atoms with Crippen LogP contribution < -0.4 is 14.1 Å². The van der Waals surface area contributed by atoms with Crippen molar-refractivity contribution in [3.05, 3.63) is 94.5 Å². The SMILES string of the molecule is CCCC(CCC)COC(=O)[C@H](Cc1ccccc1)NP(=O)(Oc1ccc(C)cc1)Oc1ccc(Br)cc1. The van der Waals surface area contributed by atoms with E-state index in [2.05, 4.69) is 34.9 Å². The van der Waals surface area contributed by atoms with Crippen LogP contribution in [0.25, 0.3) is 0 Å². The number of rotatable bonds is 15. The van der Waals surface area contributed by atoms with Crippen LogP contribution in [-0.2, 0) is 20.5 Å². The predicted octanol–water partition coefficient (Wildman–Crippen LogP) is 8.28. The molecule has 1 N–H and O–H groups in total. The summed E-state index contributed by atoms with van der Waals surface area (Å²) in [5.74, 6) is 0.509. The van der Waals surface area contributed by atoms with Crippen molar-refractivity contribution < 1.29 is 23.1 Å². The zero-order valence-electron chi connectivity index (χ0n) is 22.3. The van der Waals surface area contributed by atoms with E-state index >= 15 is 0 Å². The van der Waals surface area contributed by atoms with Crippen LogP contribution in [-0.4, -0.2) is 18.6 Å². The fourth-order valence-electron chi connectivity index (χ4n) is 4.09. The number of nitrogens with one attached hydrogen (secondary N) is 1. The first-order valence-electron chi connectivity index (χ1n) is 13.1. The monoisotopic (exact) mass is 601 g/mol. The summed E-state index contributed by atoms with van der Waals surface area (Å²) in [7, 11) is -4.08. The van der Waals surface area contributed by atoms with Crippen LogP contribution in [0.5, 0.6) is 11.5 Å². The topological polar surface area (TPSA) is 73.9 Å². The summed E-state index contributed by atoms with van der Waals surface area (Å²) in [5, 5.41) is 2.92. The molecule has 0 spiro atoms. The highest BCUT2D eigenvalue weighted by Gasteiger charge is 2.36. The molecule has 38 heavy (non-hydrogen) atoms. The summed E-state index contributed by atoms with van der Waals surface area (Å²) in [6, 6.07) is 22.7. The Morgan fingerprint density at radius 3 is 1.97 bits per heavy atom. The van der Waals surface area contributed by atoms with Gasteiger partial charge in [-0.25, -0.2) is 4.57 Å². The molecule has 2 atom stereocenters. The molecule has 0 saturated heterocycles. The van der Waals surface area contributed by atoms with Crippen molar-refractivity contribution in [2.75, 3.05) is 6.61 Å². The fraction of sp³-hybridized carbons (Fsp3) is 0.367. The minimum absolute atomic E-state index is 0.261. The number of hydrogen-bond donors (Lipinski definition) is 1. The normalized spacial score (nSPS) is 13.5. The van der Waals surface area contributed by atoms with Gasteiger partial charge in [0.05, 0.1) is 6.61 Å². The van der Waals surface area contributed by atoms with E-state index in [-0.39, 0.29) is 6.42 Å². The van der Waals surface area contributed by atoms with Crippen LogP contribution in [0.4, 0.5) is 0 Å². The Kier molecular flexibility index (Phi) is 11.9. The minimum atomic E-state index is -4.08. The van der Waals surface area contributed by atoms with Gasteiger partial charge >= 0.3 is 13.7 Å². The van der Waals surface area contributed by atoms with Gasteiger partial charge in [0.25, 0.3) is 0 Å². The first kappa shape index (κ1) is 29.9. The van der Waals surface area contributed by atoms with E-state index < -0.39 is 19.8 Å². The Bertz CT molecular complexity index is 1110.